The molecule has 0 saturated heterocycles. The molecule has 0 unspecified atom stereocenters. The molecule has 2 bridgehead atoms. The first-order chi connectivity index (χ1) is 23.5. The average Bonchev–Trinajstić information content (AvgIpc) is 3.73. The van der Waals surface area contributed by atoms with E-state index in [2.05, 4.69) is 98.9 Å². The summed E-state index contributed by atoms with van der Waals surface area (Å²) in [6.45, 7) is 13.4. The molecule has 0 aliphatic heterocycles. The van der Waals surface area contributed by atoms with E-state index in [1.165, 1.54) is 39.4 Å². The van der Waals surface area contributed by atoms with E-state index in [0.717, 1.165) is 41.4 Å². The van der Waals surface area contributed by atoms with E-state index in [9.17, 15) is 14.7 Å². The largest absolute Gasteiger partial charge is 0.461 e. The van der Waals surface area contributed by atoms with Crippen LogP contribution in [0.4, 0.5) is 0 Å². The van der Waals surface area contributed by atoms with Gasteiger partial charge in [0.2, 0.25) is 0 Å². The molecule has 2 aromatic carbocycles. The molecule has 49 heavy (non-hydrogen) atoms. The summed E-state index contributed by atoms with van der Waals surface area (Å²) >= 11 is 2.91. The number of carbonyl (C=O) groups excluding carboxylic acids is 2. The summed E-state index contributed by atoms with van der Waals surface area (Å²) in [6.07, 6.45) is 8.45. The van der Waals surface area contributed by atoms with Gasteiger partial charge in [-0.1, -0.05) is 81.9 Å². The van der Waals surface area contributed by atoms with Crippen LogP contribution in [0.15, 0.2) is 89.4 Å². The van der Waals surface area contributed by atoms with Crippen LogP contribution in [0, 0.1) is 34.0 Å². The summed E-state index contributed by atoms with van der Waals surface area (Å²) in [5.74, 6) is -0.00122. The number of esters is 1. The SMILES string of the molecule is C=C[C@]1(C)C[C@@H](OC(=O)CSc2nc(-c3cc[n+](Cc4ccc5ccccc5c4)cc3)cs2)[C@]2(C)[C@H](C)CC[C@]3(CCC(=O)[C@H]32)[C@@H](C)[C@@H]1O. The van der Waals surface area contributed by atoms with Gasteiger partial charge < -0.3 is 9.84 Å². The lowest BCUT2D eigenvalue weighted by Gasteiger charge is -2.61. The summed E-state index contributed by atoms with van der Waals surface area (Å²) in [6, 6.07) is 19.1. The third kappa shape index (κ3) is 5.98. The van der Waals surface area contributed by atoms with Gasteiger partial charge in [-0.2, -0.15) is 0 Å². The van der Waals surface area contributed by atoms with Crippen LogP contribution < -0.4 is 4.57 Å². The molecule has 1 N–H and O–H groups in total. The average molecular weight is 696 g/mol. The second-order valence-corrected chi connectivity index (χ2v) is 17.4. The second kappa shape index (κ2) is 13.1. The van der Waals surface area contributed by atoms with E-state index in [1.54, 1.807) is 0 Å². The Morgan fingerprint density at radius 3 is 2.63 bits per heavy atom. The molecular weight excluding hydrogens is 649 g/mol. The van der Waals surface area contributed by atoms with Crippen LogP contribution in [-0.2, 0) is 20.9 Å². The molecule has 256 valence electrons. The molecule has 8 atom stereocenters. The van der Waals surface area contributed by atoms with E-state index in [0.29, 0.717) is 12.8 Å². The van der Waals surface area contributed by atoms with E-state index >= 15 is 0 Å². The first kappa shape index (κ1) is 34.1. The number of hydrogen-bond donors (Lipinski definition) is 1. The number of aromatic nitrogens is 2. The molecule has 0 spiro atoms. The highest BCUT2D eigenvalue weighted by molar-refractivity contribution is 8.01. The molecule has 7 rings (SSSR count). The van der Waals surface area contributed by atoms with Gasteiger partial charge in [0.1, 0.15) is 11.9 Å². The number of Topliss-reactive ketones (excluding diaryl/α,β-unsaturated/α-hetero) is 1. The predicted molar refractivity (Wildman–Crippen MR) is 196 cm³/mol. The summed E-state index contributed by atoms with van der Waals surface area (Å²) in [7, 11) is 0. The van der Waals surface area contributed by atoms with Crippen molar-refractivity contribution in [2.75, 3.05) is 5.75 Å². The first-order valence-electron chi connectivity index (χ1n) is 17.6. The Bertz CT molecular complexity index is 1890. The maximum Gasteiger partial charge on any atom is 0.316 e. The molecule has 0 radical (unpaired) electrons. The van der Waals surface area contributed by atoms with Gasteiger partial charge in [-0.15, -0.1) is 17.9 Å². The first-order valence-corrected chi connectivity index (χ1v) is 19.4. The predicted octanol–water partition coefficient (Wildman–Crippen LogP) is 8.30. The van der Waals surface area contributed by atoms with Gasteiger partial charge in [0.15, 0.2) is 23.3 Å². The van der Waals surface area contributed by atoms with Crippen LogP contribution in [0.2, 0.25) is 0 Å². The normalized spacial score (nSPS) is 32.7. The summed E-state index contributed by atoms with van der Waals surface area (Å²) in [5, 5.41) is 16.3. The van der Waals surface area contributed by atoms with Crippen LogP contribution >= 0.6 is 23.1 Å². The number of rotatable bonds is 8. The van der Waals surface area contributed by atoms with Crippen molar-refractivity contribution in [2.45, 2.75) is 82.9 Å². The number of ether oxygens (including phenoxy) is 1. The number of fused-ring (bicyclic) bond motifs is 1. The van der Waals surface area contributed by atoms with Gasteiger partial charge in [-0.05, 0) is 59.8 Å². The fourth-order valence-corrected chi connectivity index (χ4v) is 11.2. The van der Waals surface area contributed by atoms with Crippen LogP contribution in [0.3, 0.4) is 0 Å². The van der Waals surface area contributed by atoms with Crippen molar-refractivity contribution >= 4 is 45.6 Å². The Hall–Kier alpha value is -3.33. The van der Waals surface area contributed by atoms with E-state index in [1.807, 2.05) is 18.4 Å². The molecule has 3 aliphatic carbocycles. The van der Waals surface area contributed by atoms with Crippen molar-refractivity contribution in [3.05, 3.63) is 90.6 Å². The quantitative estimate of drug-likeness (QED) is 0.0865. The molecule has 3 aliphatic rings. The molecular formula is C41H47N2O4S2+. The Morgan fingerprint density at radius 2 is 1.88 bits per heavy atom. The van der Waals surface area contributed by atoms with Crippen molar-refractivity contribution in [3.63, 3.8) is 0 Å². The highest BCUT2D eigenvalue weighted by atomic mass is 32.2. The fourth-order valence-electron chi connectivity index (χ4n) is 9.55. The van der Waals surface area contributed by atoms with Gasteiger partial charge >= 0.3 is 5.97 Å². The number of ketones is 1. The third-order valence-corrected chi connectivity index (χ3v) is 14.7. The lowest BCUT2D eigenvalue weighted by molar-refractivity contribution is -0.688. The van der Waals surface area contributed by atoms with Gasteiger partial charge in [-0.25, -0.2) is 9.55 Å². The summed E-state index contributed by atoms with van der Waals surface area (Å²) in [4.78, 5) is 32.1. The van der Waals surface area contributed by atoms with Crippen LogP contribution in [0.5, 0.6) is 0 Å². The zero-order valence-corrected chi connectivity index (χ0v) is 30.6. The molecule has 4 aromatic rings. The zero-order valence-electron chi connectivity index (χ0n) is 28.9. The number of benzene rings is 2. The minimum absolute atomic E-state index is 0.0514. The van der Waals surface area contributed by atoms with Crippen LogP contribution in [0.25, 0.3) is 22.0 Å². The number of nitrogens with zero attached hydrogens (tertiary/aromatic N) is 2. The van der Waals surface area contributed by atoms with Gasteiger partial charge in [0.05, 0.1) is 17.6 Å². The van der Waals surface area contributed by atoms with E-state index < -0.39 is 23.0 Å². The number of pyridine rings is 1. The Kier molecular flexibility index (Phi) is 9.12. The van der Waals surface area contributed by atoms with Crippen molar-refractivity contribution in [3.8, 4) is 11.3 Å². The third-order valence-electron chi connectivity index (χ3n) is 12.7. The summed E-state index contributed by atoms with van der Waals surface area (Å²) < 4.78 is 9.39. The molecule has 6 nitrogen and oxygen atoms in total. The van der Waals surface area contributed by atoms with E-state index in [4.69, 9.17) is 9.72 Å². The second-order valence-electron chi connectivity index (χ2n) is 15.3. The Balaban J connectivity index is 1.03. The molecule has 8 heteroatoms. The number of aliphatic hydroxyl groups excluding tert-OH is 1. The van der Waals surface area contributed by atoms with Crippen LogP contribution in [0.1, 0.15) is 65.4 Å². The molecule has 2 heterocycles. The highest BCUT2D eigenvalue weighted by Crippen LogP contribution is 2.68. The van der Waals surface area contributed by atoms with Gasteiger partial charge in [-0.3, -0.25) is 9.59 Å². The number of thioether (sulfide) groups is 1. The van der Waals surface area contributed by atoms with Crippen molar-refractivity contribution < 1.29 is 24.0 Å². The van der Waals surface area contributed by atoms with Gasteiger partial charge in [0.25, 0.3) is 0 Å². The molecule has 3 fully saturated rings. The Labute approximate surface area is 298 Å². The molecule has 3 saturated carbocycles. The monoisotopic (exact) mass is 695 g/mol. The maximum absolute atomic E-state index is 13.7. The van der Waals surface area contributed by atoms with Crippen molar-refractivity contribution in [1.82, 2.24) is 4.98 Å². The summed E-state index contributed by atoms with van der Waals surface area (Å²) in [5.41, 5.74) is 1.70. The molecule has 0 amide bonds. The minimum Gasteiger partial charge on any atom is -0.461 e. The Morgan fingerprint density at radius 1 is 1.12 bits per heavy atom. The minimum atomic E-state index is -0.674. The smallest absolute Gasteiger partial charge is 0.316 e. The van der Waals surface area contributed by atoms with E-state index in [-0.39, 0.29) is 40.7 Å². The number of aliphatic hydroxyl groups is 1. The lowest BCUT2D eigenvalue weighted by Crippen LogP contribution is -2.63. The maximum atomic E-state index is 13.7. The number of carbonyl (C=O) groups is 2. The van der Waals surface area contributed by atoms with Gasteiger partial charge in [0, 0.05) is 51.8 Å². The lowest BCUT2D eigenvalue weighted by atomic mass is 9.44. The molecule has 2 aromatic heterocycles. The number of hydrogen-bond acceptors (Lipinski definition) is 7. The number of thiazole rings is 1. The van der Waals surface area contributed by atoms with Crippen molar-refractivity contribution in [2.24, 2.45) is 34.0 Å². The van der Waals surface area contributed by atoms with Crippen molar-refractivity contribution in [1.29, 1.82) is 0 Å². The standard InChI is InChI=1S/C41H47N2O4S2/c1-6-39(4)22-34(40(5)26(2)13-17-41(27(3)37(39)46)18-14-33(44)36(40)41)47-35(45)25-49-38-42-32(24-48-38)30-15-19-43(20-16-30)23-28-11-12-29-9-7-8-10-31(29)21-28/h6-12,15-16,19-21,24,26-27,34,36-37,46H,1,13-14,17-18,22-23,25H2,2-5H3/q+1/t26-,27+,34-,36+,37+,39-,40+,41+/m1/s1. The highest BCUT2D eigenvalue weighted by Gasteiger charge is 2.68. The van der Waals surface area contributed by atoms with Crippen LogP contribution in [-0.4, -0.2) is 39.8 Å². The fraction of sp³-hybridized carbons (Fsp3) is 0.463. The topological polar surface area (TPSA) is 80.4 Å². The zero-order chi connectivity index (χ0) is 34.6.